The van der Waals surface area contributed by atoms with Gasteiger partial charge in [-0.1, -0.05) is 36.4 Å². The fourth-order valence-corrected chi connectivity index (χ4v) is 4.92. The van der Waals surface area contributed by atoms with Gasteiger partial charge in [-0.05, 0) is 55.9 Å². The predicted octanol–water partition coefficient (Wildman–Crippen LogP) is 4.41. The summed E-state index contributed by atoms with van der Waals surface area (Å²) >= 11 is 0. The first-order chi connectivity index (χ1) is 13.4. The van der Waals surface area contributed by atoms with Crippen LogP contribution in [-0.2, 0) is 4.65 Å². The van der Waals surface area contributed by atoms with Crippen molar-refractivity contribution in [3.63, 3.8) is 0 Å². The topological polar surface area (TPSA) is 27.7 Å². The van der Waals surface area contributed by atoms with Crippen molar-refractivity contribution in [2.45, 2.75) is 31.3 Å². The highest BCUT2D eigenvalue weighted by molar-refractivity contribution is 6.38. The molecular weight excluding hydrogens is 349 g/mol. The van der Waals surface area contributed by atoms with Crippen LogP contribution in [0.25, 0.3) is 0 Å². The quantitative estimate of drug-likeness (QED) is 0.502. The van der Waals surface area contributed by atoms with Gasteiger partial charge in [0.1, 0.15) is 11.5 Å². The molecule has 2 saturated carbocycles. The van der Waals surface area contributed by atoms with Crippen LogP contribution in [0.15, 0.2) is 60.7 Å². The number of rotatable bonds is 8. The second-order valence-corrected chi connectivity index (χ2v) is 9.35. The maximum atomic E-state index is 6.70. The summed E-state index contributed by atoms with van der Waals surface area (Å²) in [6.07, 6.45) is 4.70. The number of nitrogens with zero attached hydrogens (tertiary/aromatic N) is 1. The molecule has 0 N–H and O–H groups in total. The van der Waals surface area contributed by atoms with Gasteiger partial charge in [-0.2, -0.15) is 0 Å². The summed E-state index contributed by atoms with van der Waals surface area (Å²) in [6.45, 7) is 1.11. The summed E-state index contributed by atoms with van der Waals surface area (Å²) in [5.74, 6) is 2.82. The van der Waals surface area contributed by atoms with Crippen molar-refractivity contribution in [2.75, 3.05) is 27.7 Å². The second-order valence-electron chi connectivity index (χ2n) is 9.35. The Bertz CT molecular complexity index is 723. The molecule has 3 unspecified atom stereocenters. The lowest BCUT2D eigenvalue weighted by atomic mass is 9.83. The molecule has 0 radical (unpaired) electrons. The zero-order chi connectivity index (χ0) is 19.6. The lowest BCUT2D eigenvalue weighted by Gasteiger charge is -2.39. The highest BCUT2D eigenvalue weighted by Gasteiger charge is 2.57. The van der Waals surface area contributed by atoms with E-state index in [-0.39, 0.29) is 5.60 Å². The first-order valence-electron chi connectivity index (χ1n) is 10.3. The number of benzene rings is 2. The van der Waals surface area contributed by atoms with Gasteiger partial charge in [-0.25, -0.2) is 0 Å². The molecule has 2 aromatic carbocycles. The largest absolute Gasteiger partial charge is 0.788 e. The molecule has 2 aliphatic carbocycles. The molecule has 0 spiro atoms. The Morgan fingerprint density at radius 3 is 2.00 bits per heavy atom. The molecule has 5 heteroatoms. The minimum Gasteiger partial charge on any atom is -0.501 e. The van der Waals surface area contributed by atoms with Crippen LogP contribution in [0.5, 0.6) is 11.5 Å². The fraction of sp³-hybridized carbons (Fsp3) is 0.478. The van der Waals surface area contributed by atoms with Crippen molar-refractivity contribution in [3.05, 3.63) is 60.7 Å². The van der Waals surface area contributed by atoms with E-state index < -0.39 is 7.32 Å². The van der Waals surface area contributed by atoms with Crippen LogP contribution >= 0.6 is 0 Å². The Labute approximate surface area is 169 Å². The highest BCUT2D eigenvalue weighted by atomic mass is 16.7. The van der Waals surface area contributed by atoms with Crippen LogP contribution in [0.4, 0.5) is 0 Å². The summed E-state index contributed by atoms with van der Waals surface area (Å²) in [5.41, 5.74) is -0.148. The molecule has 3 atom stereocenters. The van der Waals surface area contributed by atoms with Crippen molar-refractivity contribution in [1.82, 2.24) is 0 Å². The van der Waals surface area contributed by atoms with E-state index in [1.165, 1.54) is 12.8 Å². The fourth-order valence-electron chi connectivity index (χ4n) is 4.92. The predicted molar refractivity (Wildman–Crippen MR) is 112 cm³/mol. The van der Waals surface area contributed by atoms with Gasteiger partial charge < -0.3 is 18.4 Å². The van der Waals surface area contributed by atoms with E-state index in [1.54, 1.807) is 0 Å². The lowest BCUT2D eigenvalue weighted by Crippen LogP contribution is -2.51. The third-order valence-electron chi connectivity index (χ3n) is 6.02. The van der Waals surface area contributed by atoms with Gasteiger partial charge in [-0.3, -0.25) is 0 Å². The van der Waals surface area contributed by atoms with Gasteiger partial charge in [0.05, 0.1) is 33.3 Å². The van der Waals surface area contributed by atoms with Gasteiger partial charge in [0.15, 0.2) is 0 Å². The molecule has 2 aromatic rings. The van der Waals surface area contributed by atoms with Gasteiger partial charge in [0, 0.05) is 5.92 Å². The summed E-state index contributed by atoms with van der Waals surface area (Å²) in [6, 6.07) is 19.6. The summed E-state index contributed by atoms with van der Waals surface area (Å²) in [4.78, 5) is 0. The normalized spacial score (nSPS) is 26.2. The Kier molecular flexibility index (Phi) is 5.39. The Hall–Kier alpha value is -1.98. The average molecular weight is 380 g/mol. The van der Waals surface area contributed by atoms with Crippen molar-refractivity contribution >= 4 is 7.32 Å². The van der Waals surface area contributed by atoms with E-state index >= 15 is 0 Å². The SMILES string of the molecule is C[N+](C)(C)CC1CC2CCC1(OB(Oc1ccccc1)Oc1ccccc1)C2. The smallest absolute Gasteiger partial charge is 0.501 e. The summed E-state index contributed by atoms with van der Waals surface area (Å²) in [5, 5.41) is 0. The molecule has 0 aromatic heterocycles. The molecule has 28 heavy (non-hydrogen) atoms. The molecule has 4 rings (SSSR count). The summed E-state index contributed by atoms with van der Waals surface area (Å²) in [7, 11) is 6.03. The van der Waals surface area contributed by atoms with E-state index in [4.69, 9.17) is 14.0 Å². The number of hydrogen-bond acceptors (Lipinski definition) is 3. The van der Waals surface area contributed by atoms with E-state index in [0.29, 0.717) is 5.92 Å². The second kappa shape index (κ2) is 7.80. The van der Waals surface area contributed by atoms with Gasteiger partial charge >= 0.3 is 7.32 Å². The molecule has 148 valence electrons. The van der Waals surface area contributed by atoms with Gasteiger partial charge in [-0.15, -0.1) is 0 Å². The molecule has 4 nitrogen and oxygen atoms in total. The van der Waals surface area contributed by atoms with Crippen molar-refractivity contribution < 1.29 is 18.4 Å². The van der Waals surface area contributed by atoms with Crippen LogP contribution < -0.4 is 9.31 Å². The molecular formula is C23H31BNO3+. The van der Waals surface area contributed by atoms with Crippen LogP contribution in [0.1, 0.15) is 25.7 Å². The maximum absolute atomic E-state index is 6.70. The molecule has 0 saturated heterocycles. The monoisotopic (exact) mass is 380 g/mol. The zero-order valence-electron chi connectivity index (χ0n) is 17.2. The molecule has 0 heterocycles. The molecule has 2 fully saturated rings. The van der Waals surface area contributed by atoms with E-state index in [2.05, 4.69) is 21.1 Å². The average Bonchev–Trinajstić information content (AvgIpc) is 3.19. The first kappa shape index (κ1) is 19.3. The van der Waals surface area contributed by atoms with Crippen molar-refractivity contribution in [1.29, 1.82) is 0 Å². The van der Waals surface area contributed by atoms with Crippen LogP contribution in [-0.4, -0.2) is 45.1 Å². The standard InChI is InChI=1S/C23H31BNO3/c1-25(2,3)18-20-16-19-14-15-23(20,17-19)28-24(26-21-10-6-4-7-11-21)27-22-12-8-5-9-13-22/h4-13,19-20H,14-18H2,1-3H3/q+1. The molecule has 0 aliphatic heterocycles. The third kappa shape index (κ3) is 4.53. The number of para-hydroxylation sites is 2. The molecule has 2 bridgehead atoms. The van der Waals surface area contributed by atoms with Crippen molar-refractivity contribution in [3.8, 4) is 11.5 Å². The van der Waals surface area contributed by atoms with E-state index in [9.17, 15) is 0 Å². The number of hydrogen-bond donors (Lipinski definition) is 0. The van der Waals surface area contributed by atoms with E-state index in [0.717, 1.165) is 41.3 Å². The number of fused-ring (bicyclic) bond motifs is 2. The van der Waals surface area contributed by atoms with Crippen LogP contribution in [0.2, 0.25) is 0 Å². The minimum absolute atomic E-state index is 0.148. The highest BCUT2D eigenvalue weighted by Crippen LogP contribution is 2.54. The third-order valence-corrected chi connectivity index (χ3v) is 6.02. The van der Waals surface area contributed by atoms with Crippen LogP contribution in [0.3, 0.4) is 0 Å². The Morgan fingerprint density at radius 2 is 1.50 bits per heavy atom. The molecule has 2 aliphatic rings. The maximum Gasteiger partial charge on any atom is 0.788 e. The van der Waals surface area contributed by atoms with Crippen molar-refractivity contribution in [2.24, 2.45) is 11.8 Å². The Balaban J connectivity index is 1.55. The van der Waals surface area contributed by atoms with E-state index in [1.807, 2.05) is 60.7 Å². The Morgan fingerprint density at radius 1 is 0.929 bits per heavy atom. The van der Waals surface area contributed by atoms with Gasteiger partial charge in [0.2, 0.25) is 0 Å². The minimum atomic E-state index is -0.753. The van der Waals surface area contributed by atoms with Crippen LogP contribution in [0, 0.1) is 11.8 Å². The lowest BCUT2D eigenvalue weighted by molar-refractivity contribution is -0.874. The summed E-state index contributed by atoms with van der Waals surface area (Å²) < 4.78 is 20.0. The number of quaternary nitrogens is 1. The molecule has 0 amide bonds. The first-order valence-corrected chi connectivity index (χ1v) is 10.3. The zero-order valence-corrected chi connectivity index (χ0v) is 17.2. The van der Waals surface area contributed by atoms with Gasteiger partial charge in [0.25, 0.3) is 0 Å².